The lowest BCUT2D eigenvalue weighted by Crippen LogP contribution is -2.54. The van der Waals surface area contributed by atoms with Crippen LogP contribution in [0.1, 0.15) is 43.5 Å². The van der Waals surface area contributed by atoms with Crippen LogP contribution in [0.25, 0.3) is 0 Å². The van der Waals surface area contributed by atoms with Crippen molar-refractivity contribution < 1.29 is 9.59 Å². The molecule has 0 radical (unpaired) electrons. The number of carbonyl (C=O) groups is 2. The van der Waals surface area contributed by atoms with E-state index in [0.717, 1.165) is 37.2 Å². The Morgan fingerprint density at radius 2 is 1.81 bits per heavy atom. The van der Waals surface area contributed by atoms with E-state index >= 15 is 0 Å². The van der Waals surface area contributed by atoms with Crippen LogP contribution in [0.15, 0.2) is 29.2 Å². The first kappa shape index (κ1) is 22.1. The number of likely N-dealkylation sites (tertiary alicyclic amines) is 2. The molecule has 1 aromatic rings. The molecule has 150 valence electrons. The van der Waals surface area contributed by atoms with Crippen LogP contribution in [0.4, 0.5) is 0 Å². The van der Waals surface area contributed by atoms with Gasteiger partial charge in [-0.1, -0.05) is 26.0 Å². The van der Waals surface area contributed by atoms with Crippen molar-refractivity contribution in [1.82, 2.24) is 9.80 Å². The number of thioether (sulfide) groups is 1. The molecule has 2 fully saturated rings. The summed E-state index contributed by atoms with van der Waals surface area (Å²) in [6.07, 6.45) is 3.01. The molecule has 0 aromatic heterocycles. The average molecular weight is 412 g/mol. The fourth-order valence-corrected chi connectivity index (χ4v) is 4.63. The molecule has 2 heterocycles. The van der Waals surface area contributed by atoms with Gasteiger partial charge in [-0.05, 0) is 36.8 Å². The zero-order chi connectivity index (χ0) is 18.7. The Bertz CT molecular complexity index is 677. The second-order valence-corrected chi connectivity index (χ2v) is 9.00. The van der Waals surface area contributed by atoms with Crippen molar-refractivity contribution in [3.05, 3.63) is 29.8 Å². The van der Waals surface area contributed by atoms with Gasteiger partial charge >= 0.3 is 0 Å². The summed E-state index contributed by atoms with van der Waals surface area (Å²) in [5.74, 6) is 0.599. The molecule has 27 heavy (non-hydrogen) atoms. The molecule has 2 saturated heterocycles. The first-order valence-electron chi connectivity index (χ1n) is 9.43. The predicted octanol–water partition coefficient (Wildman–Crippen LogP) is 3.02. The second kappa shape index (κ2) is 9.30. The van der Waals surface area contributed by atoms with Crippen molar-refractivity contribution in [2.45, 2.75) is 44.0 Å². The van der Waals surface area contributed by atoms with Gasteiger partial charge in [0.2, 0.25) is 5.91 Å². The van der Waals surface area contributed by atoms with Crippen LogP contribution in [-0.2, 0) is 4.79 Å². The van der Waals surface area contributed by atoms with Gasteiger partial charge in [-0.3, -0.25) is 9.59 Å². The number of nitrogens with zero attached hydrogens (tertiary/aromatic N) is 2. The summed E-state index contributed by atoms with van der Waals surface area (Å²) in [6, 6.07) is 7.74. The summed E-state index contributed by atoms with van der Waals surface area (Å²) >= 11 is 1.47. The highest BCUT2D eigenvalue weighted by atomic mass is 35.5. The normalized spacial score (nSPS) is 21.7. The van der Waals surface area contributed by atoms with E-state index in [1.807, 2.05) is 34.1 Å². The number of hydrogen-bond acceptors (Lipinski definition) is 4. The smallest absolute Gasteiger partial charge is 0.255 e. The summed E-state index contributed by atoms with van der Waals surface area (Å²) in [7, 11) is 0. The van der Waals surface area contributed by atoms with Crippen molar-refractivity contribution >= 4 is 36.0 Å². The van der Waals surface area contributed by atoms with Gasteiger partial charge in [-0.2, -0.15) is 0 Å². The minimum absolute atomic E-state index is 0. The largest absolute Gasteiger partial charge is 0.342 e. The molecule has 0 aliphatic carbocycles. The first-order chi connectivity index (χ1) is 12.4. The molecule has 1 atom stereocenters. The number of hydrogen-bond donors (Lipinski definition) is 1. The molecule has 2 amide bonds. The predicted molar refractivity (Wildman–Crippen MR) is 113 cm³/mol. The summed E-state index contributed by atoms with van der Waals surface area (Å²) in [6.45, 7) is 7.32. The van der Waals surface area contributed by atoms with E-state index in [1.165, 1.54) is 11.8 Å². The lowest BCUT2D eigenvalue weighted by Gasteiger charge is -2.42. The van der Waals surface area contributed by atoms with E-state index in [1.54, 1.807) is 0 Å². The highest BCUT2D eigenvalue weighted by molar-refractivity contribution is 8.00. The van der Waals surface area contributed by atoms with Gasteiger partial charge in [0.1, 0.15) is 0 Å². The van der Waals surface area contributed by atoms with Crippen LogP contribution in [0.3, 0.4) is 0 Å². The molecule has 7 heteroatoms. The Morgan fingerprint density at radius 1 is 1.15 bits per heavy atom. The van der Waals surface area contributed by atoms with Crippen molar-refractivity contribution in [2.24, 2.45) is 11.1 Å². The quantitative estimate of drug-likeness (QED) is 0.773. The number of amides is 2. The Hall–Kier alpha value is -1.24. The minimum Gasteiger partial charge on any atom is -0.342 e. The van der Waals surface area contributed by atoms with Crippen LogP contribution >= 0.6 is 24.2 Å². The fourth-order valence-electron chi connectivity index (χ4n) is 3.68. The highest BCUT2D eigenvalue weighted by Gasteiger charge is 2.36. The van der Waals surface area contributed by atoms with Gasteiger partial charge in [0.25, 0.3) is 5.91 Å². The standard InChI is InChI=1S/C20H29N3O2S.ClH/c1-20(2)14-23(12-9-17(20)21)19(25)15-7-3-4-8-16(15)26-13-18(24)22-10-5-6-11-22;/h3-4,7-8,17H,5-6,9-14,21H2,1-2H3;1H. The van der Waals surface area contributed by atoms with E-state index in [-0.39, 0.29) is 35.7 Å². The summed E-state index contributed by atoms with van der Waals surface area (Å²) < 4.78 is 0. The van der Waals surface area contributed by atoms with Crippen molar-refractivity contribution in [1.29, 1.82) is 0 Å². The molecular weight excluding hydrogens is 382 g/mol. The summed E-state index contributed by atoms with van der Waals surface area (Å²) in [5, 5.41) is 0. The first-order valence-corrected chi connectivity index (χ1v) is 10.4. The van der Waals surface area contributed by atoms with Gasteiger partial charge in [0, 0.05) is 37.1 Å². The van der Waals surface area contributed by atoms with Crippen molar-refractivity contribution in [2.75, 3.05) is 31.9 Å². The van der Waals surface area contributed by atoms with Crippen LogP contribution in [0.5, 0.6) is 0 Å². The third-order valence-corrected chi connectivity index (χ3v) is 6.59. The summed E-state index contributed by atoms with van der Waals surface area (Å²) in [4.78, 5) is 30.1. The lowest BCUT2D eigenvalue weighted by molar-refractivity contribution is -0.127. The number of halogens is 1. The van der Waals surface area contributed by atoms with Crippen LogP contribution < -0.4 is 5.73 Å². The SMILES string of the molecule is CC1(C)CN(C(=O)c2ccccc2SCC(=O)N2CCCC2)CCC1N.Cl. The molecule has 2 N–H and O–H groups in total. The third-order valence-electron chi connectivity index (χ3n) is 5.53. The van der Waals surface area contributed by atoms with E-state index < -0.39 is 0 Å². The van der Waals surface area contributed by atoms with Crippen LogP contribution in [0.2, 0.25) is 0 Å². The lowest BCUT2D eigenvalue weighted by atomic mass is 9.79. The monoisotopic (exact) mass is 411 g/mol. The molecule has 3 rings (SSSR count). The van der Waals surface area contributed by atoms with E-state index in [0.29, 0.717) is 24.4 Å². The van der Waals surface area contributed by atoms with Gasteiger partial charge in [0.05, 0.1) is 11.3 Å². The Labute approximate surface area is 172 Å². The fraction of sp³-hybridized carbons (Fsp3) is 0.600. The topological polar surface area (TPSA) is 66.6 Å². The Balaban J connectivity index is 0.00000261. The number of nitrogens with two attached hydrogens (primary N) is 1. The molecular formula is C20H30ClN3O2S. The van der Waals surface area contributed by atoms with Gasteiger partial charge < -0.3 is 15.5 Å². The molecule has 5 nitrogen and oxygen atoms in total. The van der Waals surface area contributed by atoms with Gasteiger partial charge in [-0.15, -0.1) is 24.2 Å². The van der Waals surface area contributed by atoms with Gasteiger partial charge in [0.15, 0.2) is 0 Å². The molecule has 0 bridgehead atoms. The zero-order valence-electron chi connectivity index (χ0n) is 16.1. The molecule has 1 unspecified atom stereocenters. The van der Waals surface area contributed by atoms with Crippen molar-refractivity contribution in [3.8, 4) is 0 Å². The van der Waals surface area contributed by atoms with E-state index in [2.05, 4.69) is 13.8 Å². The maximum Gasteiger partial charge on any atom is 0.255 e. The Morgan fingerprint density at radius 3 is 2.48 bits per heavy atom. The molecule has 2 aliphatic heterocycles. The number of benzene rings is 1. The third kappa shape index (κ3) is 5.18. The maximum atomic E-state index is 13.1. The maximum absolute atomic E-state index is 13.1. The molecule has 0 saturated carbocycles. The van der Waals surface area contributed by atoms with Crippen LogP contribution in [-0.4, -0.2) is 59.6 Å². The van der Waals surface area contributed by atoms with Gasteiger partial charge in [-0.25, -0.2) is 0 Å². The molecule has 2 aliphatic rings. The molecule has 1 aromatic carbocycles. The molecule has 0 spiro atoms. The highest BCUT2D eigenvalue weighted by Crippen LogP contribution is 2.31. The number of piperidine rings is 1. The van der Waals surface area contributed by atoms with Crippen molar-refractivity contribution in [3.63, 3.8) is 0 Å². The number of rotatable bonds is 4. The van der Waals surface area contributed by atoms with E-state index in [4.69, 9.17) is 5.73 Å². The summed E-state index contributed by atoms with van der Waals surface area (Å²) in [5.41, 5.74) is 6.81. The van der Waals surface area contributed by atoms with Crippen LogP contribution in [0, 0.1) is 5.41 Å². The average Bonchev–Trinajstić information content (AvgIpc) is 3.16. The minimum atomic E-state index is -0.0816. The zero-order valence-corrected chi connectivity index (χ0v) is 17.8. The van der Waals surface area contributed by atoms with E-state index in [9.17, 15) is 9.59 Å². The number of carbonyl (C=O) groups excluding carboxylic acids is 2. The second-order valence-electron chi connectivity index (χ2n) is 7.98. The Kier molecular flexibility index (Phi) is 7.60.